The van der Waals surface area contributed by atoms with Crippen LogP contribution in [0, 0.1) is 6.92 Å². The molecular formula is C13H20N4OS. The smallest absolute Gasteiger partial charge is 0.225 e. The Kier molecular flexibility index (Phi) is 4.55. The summed E-state index contributed by atoms with van der Waals surface area (Å²) >= 11 is 1.66. The predicted molar refractivity (Wildman–Crippen MR) is 81.1 cm³/mol. The Morgan fingerprint density at radius 2 is 2.21 bits per heavy atom. The molecule has 1 unspecified atom stereocenters. The molecular weight excluding hydrogens is 260 g/mol. The standard InChI is InChI=1S/C13H20N4OS/c1-4-9(5-6-18)15-11-10-7-8(2)19-12(10)17-13(14-3)16-11/h7,9,18H,4-6H2,1-3H3,(H2,14,15,16,17). The summed E-state index contributed by atoms with van der Waals surface area (Å²) in [5, 5.41) is 16.5. The van der Waals surface area contributed by atoms with Gasteiger partial charge in [0, 0.05) is 24.6 Å². The first kappa shape index (κ1) is 14.0. The number of aliphatic hydroxyl groups excluding tert-OH is 1. The third kappa shape index (κ3) is 3.13. The lowest BCUT2D eigenvalue weighted by Crippen LogP contribution is -2.21. The number of aliphatic hydroxyl groups is 1. The van der Waals surface area contributed by atoms with Gasteiger partial charge in [0.05, 0.1) is 5.39 Å². The Morgan fingerprint density at radius 3 is 2.84 bits per heavy atom. The number of nitrogens with zero attached hydrogens (tertiary/aromatic N) is 2. The number of hydrogen-bond acceptors (Lipinski definition) is 6. The topological polar surface area (TPSA) is 70.1 Å². The molecule has 2 rings (SSSR count). The quantitative estimate of drug-likeness (QED) is 0.759. The Hall–Kier alpha value is -1.40. The first-order valence-electron chi connectivity index (χ1n) is 6.51. The van der Waals surface area contributed by atoms with Crippen LogP contribution in [0.25, 0.3) is 10.2 Å². The van der Waals surface area contributed by atoms with Gasteiger partial charge >= 0.3 is 0 Å². The molecule has 0 aliphatic carbocycles. The molecule has 2 aromatic rings. The molecule has 104 valence electrons. The minimum Gasteiger partial charge on any atom is -0.396 e. The lowest BCUT2D eigenvalue weighted by atomic mass is 10.1. The van der Waals surface area contributed by atoms with Crippen LogP contribution in [0.2, 0.25) is 0 Å². The SMILES string of the molecule is CCC(CCO)Nc1nc(NC)nc2sc(C)cc12. The minimum absolute atomic E-state index is 0.182. The molecule has 0 fully saturated rings. The number of thiophene rings is 1. The minimum atomic E-state index is 0.182. The van der Waals surface area contributed by atoms with Gasteiger partial charge in [0.15, 0.2) is 0 Å². The fourth-order valence-electron chi connectivity index (χ4n) is 1.99. The molecule has 0 saturated heterocycles. The molecule has 0 radical (unpaired) electrons. The van der Waals surface area contributed by atoms with Crippen molar-refractivity contribution < 1.29 is 5.11 Å². The number of nitrogens with one attached hydrogen (secondary N) is 2. The Labute approximate surface area is 117 Å². The van der Waals surface area contributed by atoms with Crippen molar-refractivity contribution in [2.75, 3.05) is 24.3 Å². The maximum atomic E-state index is 9.08. The summed E-state index contributed by atoms with van der Waals surface area (Å²) < 4.78 is 0. The highest BCUT2D eigenvalue weighted by molar-refractivity contribution is 7.18. The van der Waals surface area contributed by atoms with Crippen LogP contribution < -0.4 is 10.6 Å². The van der Waals surface area contributed by atoms with Crippen molar-refractivity contribution in [2.45, 2.75) is 32.7 Å². The lowest BCUT2D eigenvalue weighted by molar-refractivity contribution is 0.278. The van der Waals surface area contributed by atoms with Crippen molar-refractivity contribution in [2.24, 2.45) is 0 Å². The van der Waals surface area contributed by atoms with E-state index in [1.807, 2.05) is 7.05 Å². The average Bonchev–Trinajstić information content (AvgIpc) is 2.78. The second kappa shape index (κ2) is 6.16. The average molecular weight is 280 g/mol. The lowest BCUT2D eigenvalue weighted by Gasteiger charge is -2.17. The van der Waals surface area contributed by atoms with Crippen LogP contribution in [-0.4, -0.2) is 34.8 Å². The largest absolute Gasteiger partial charge is 0.396 e. The van der Waals surface area contributed by atoms with Gasteiger partial charge in [0.1, 0.15) is 10.6 Å². The second-order valence-electron chi connectivity index (χ2n) is 4.48. The van der Waals surface area contributed by atoms with Crippen LogP contribution in [0.3, 0.4) is 0 Å². The van der Waals surface area contributed by atoms with Crippen LogP contribution in [0.15, 0.2) is 6.07 Å². The Balaban J connectivity index is 2.39. The molecule has 3 N–H and O–H groups in total. The van der Waals surface area contributed by atoms with Crippen molar-refractivity contribution >= 4 is 33.3 Å². The van der Waals surface area contributed by atoms with Crippen molar-refractivity contribution in [3.8, 4) is 0 Å². The van der Waals surface area contributed by atoms with E-state index in [0.717, 1.165) is 28.9 Å². The van der Waals surface area contributed by atoms with Gasteiger partial charge in [-0.15, -0.1) is 11.3 Å². The molecule has 2 heterocycles. The normalized spacial score (nSPS) is 12.6. The van der Waals surface area contributed by atoms with Gasteiger partial charge in [0.25, 0.3) is 0 Å². The number of hydrogen-bond donors (Lipinski definition) is 3. The molecule has 0 spiro atoms. The van der Waals surface area contributed by atoms with Gasteiger partial charge in [-0.05, 0) is 25.8 Å². The highest BCUT2D eigenvalue weighted by Gasteiger charge is 2.13. The van der Waals surface area contributed by atoms with Gasteiger partial charge in [-0.25, -0.2) is 4.98 Å². The van der Waals surface area contributed by atoms with E-state index < -0.39 is 0 Å². The van der Waals surface area contributed by atoms with E-state index in [-0.39, 0.29) is 12.6 Å². The van der Waals surface area contributed by atoms with Crippen LogP contribution in [0.5, 0.6) is 0 Å². The molecule has 0 aromatic carbocycles. The summed E-state index contributed by atoms with van der Waals surface area (Å²) in [7, 11) is 1.82. The van der Waals surface area contributed by atoms with Gasteiger partial charge < -0.3 is 15.7 Å². The number of aryl methyl sites for hydroxylation is 1. The summed E-state index contributed by atoms with van der Waals surface area (Å²) in [6.07, 6.45) is 1.67. The summed E-state index contributed by atoms with van der Waals surface area (Å²) in [4.78, 5) is 11.2. The molecule has 1 atom stereocenters. The number of aromatic nitrogens is 2. The predicted octanol–water partition coefficient (Wildman–Crippen LogP) is 2.61. The summed E-state index contributed by atoms with van der Waals surface area (Å²) in [6, 6.07) is 2.33. The first-order chi connectivity index (χ1) is 9.17. The fraction of sp³-hybridized carbons (Fsp3) is 0.538. The summed E-state index contributed by atoms with van der Waals surface area (Å²) in [5.41, 5.74) is 0. The Morgan fingerprint density at radius 1 is 1.42 bits per heavy atom. The molecule has 0 aliphatic rings. The third-order valence-corrected chi connectivity index (χ3v) is 4.00. The van der Waals surface area contributed by atoms with Gasteiger partial charge in [-0.2, -0.15) is 4.98 Å². The number of fused-ring (bicyclic) bond motifs is 1. The summed E-state index contributed by atoms with van der Waals surface area (Å²) in [5.74, 6) is 1.47. The molecule has 0 bridgehead atoms. The molecule has 6 heteroatoms. The molecule has 0 amide bonds. The van der Waals surface area contributed by atoms with E-state index in [1.165, 1.54) is 4.88 Å². The summed E-state index contributed by atoms with van der Waals surface area (Å²) in [6.45, 7) is 4.35. The van der Waals surface area contributed by atoms with Crippen molar-refractivity contribution in [3.05, 3.63) is 10.9 Å². The monoisotopic (exact) mass is 280 g/mol. The van der Waals surface area contributed by atoms with E-state index >= 15 is 0 Å². The number of anilines is 2. The van der Waals surface area contributed by atoms with Crippen LogP contribution >= 0.6 is 11.3 Å². The van der Waals surface area contributed by atoms with Crippen molar-refractivity contribution in [1.82, 2.24) is 9.97 Å². The zero-order chi connectivity index (χ0) is 13.8. The van der Waals surface area contributed by atoms with Crippen LogP contribution in [0.1, 0.15) is 24.6 Å². The molecule has 19 heavy (non-hydrogen) atoms. The van der Waals surface area contributed by atoms with Crippen LogP contribution in [0.4, 0.5) is 11.8 Å². The highest BCUT2D eigenvalue weighted by atomic mass is 32.1. The van der Waals surface area contributed by atoms with Gasteiger partial charge in [-0.3, -0.25) is 0 Å². The van der Waals surface area contributed by atoms with Gasteiger partial charge in [-0.1, -0.05) is 6.92 Å². The molecule has 5 nitrogen and oxygen atoms in total. The van der Waals surface area contributed by atoms with Crippen LogP contribution in [-0.2, 0) is 0 Å². The maximum absolute atomic E-state index is 9.08. The molecule has 2 aromatic heterocycles. The molecule has 0 aliphatic heterocycles. The first-order valence-corrected chi connectivity index (χ1v) is 7.33. The van der Waals surface area contributed by atoms with Gasteiger partial charge in [0.2, 0.25) is 5.95 Å². The van der Waals surface area contributed by atoms with E-state index in [4.69, 9.17) is 5.11 Å². The van der Waals surface area contributed by atoms with E-state index in [1.54, 1.807) is 11.3 Å². The van der Waals surface area contributed by atoms with E-state index in [0.29, 0.717) is 5.95 Å². The van der Waals surface area contributed by atoms with Crippen molar-refractivity contribution in [3.63, 3.8) is 0 Å². The van der Waals surface area contributed by atoms with Crippen molar-refractivity contribution in [1.29, 1.82) is 0 Å². The third-order valence-electron chi connectivity index (χ3n) is 3.05. The highest BCUT2D eigenvalue weighted by Crippen LogP contribution is 2.30. The Bertz CT molecular complexity index is 555. The van der Waals surface area contributed by atoms with E-state index in [9.17, 15) is 0 Å². The zero-order valence-corrected chi connectivity index (χ0v) is 12.3. The zero-order valence-electron chi connectivity index (χ0n) is 11.5. The van der Waals surface area contributed by atoms with E-state index in [2.05, 4.69) is 40.5 Å². The number of rotatable bonds is 6. The second-order valence-corrected chi connectivity index (χ2v) is 5.72. The molecule has 0 saturated carbocycles. The maximum Gasteiger partial charge on any atom is 0.225 e. The fourth-order valence-corrected chi connectivity index (χ4v) is 2.87.